The van der Waals surface area contributed by atoms with Gasteiger partial charge in [-0.15, -0.1) is 0 Å². The molecule has 6 heteroatoms. The predicted octanol–water partition coefficient (Wildman–Crippen LogP) is 1.36. The second-order valence-electron chi connectivity index (χ2n) is 3.93. The molecule has 1 rings (SSSR count). The molecule has 0 saturated heterocycles. The SMILES string of the molecule is CNC(=O)CCNC(=O)[C@H](C)Oc1cccc(Cl)c1. The lowest BCUT2D eigenvalue weighted by molar-refractivity contribution is -0.127. The highest BCUT2D eigenvalue weighted by Gasteiger charge is 2.14. The second kappa shape index (κ2) is 7.63. The molecule has 0 aliphatic rings. The lowest BCUT2D eigenvalue weighted by Crippen LogP contribution is -2.38. The van der Waals surface area contributed by atoms with Crippen LogP contribution >= 0.6 is 11.6 Å². The van der Waals surface area contributed by atoms with Gasteiger partial charge in [0.2, 0.25) is 5.91 Å². The standard InChI is InChI=1S/C13H17ClN2O3/c1-9(13(18)16-7-6-12(17)15-2)19-11-5-3-4-10(14)8-11/h3-5,8-9H,6-7H2,1-2H3,(H,15,17)(H,16,18)/t9-/m0/s1. The van der Waals surface area contributed by atoms with Gasteiger partial charge in [-0.1, -0.05) is 17.7 Å². The molecule has 1 aromatic rings. The zero-order chi connectivity index (χ0) is 14.3. The number of carbonyl (C=O) groups is 2. The normalized spacial score (nSPS) is 11.5. The maximum absolute atomic E-state index is 11.7. The summed E-state index contributed by atoms with van der Waals surface area (Å²) in [5, 5.41) is 5.65. The molecule has 0 bridgehead atoms. The molecule has 0 fully saturated rings. The highest BCUT2D eigenvalue weighted by molar-refractivity contribution is 6.30. The molecule has 1 atom stereocenters. The van der Waals surface area contributed by atoms with E-state index in [-0.39, 0.29) is 24.8 Å². The van der Waals surface area contributed by atoms with E-state index in [4.69, 9.17) is 16.3 Å². The minimum Gasteiger partial charge on any atom is -0.481 e. The Morgan fingerprint density at radius 3 is 2.79 bits per heavy atom. The van der Waals surface area contributed by atoms with Gasteiger partial charge in [-0.3, -0.25) is 9.59 Å². The summed E-state index contributed by atoms with van der Waals surface area (Å²) in [4.78, 5) is 22.7. The lowest BCUT2D eigenvalue weighted by Gasteiger charge is -2.14. The van der Waals surface area contributed by atoms with Crippen LogP contribution < -0.4 is 15.4 Å². The molecule has 0 radical (unpaired) electrons. The fourth-order valence-corrected chi connectivity index (χ4v) is 1.55. The Kier molecular flexibility index (Phi) is 6.15. The molecular formula is C13H17ClN2O3. The van der Waals surface area contributed by atoms with Crippen molar-refractivity contribution in [1.29, 1.82) is 0 Å². The summed E-state index contributed by atoms with van der Waals surface area (Å²) in [7, 11) is 1.55. The van der Waals surface area contributed by atoms with Gasteiger partial charge < -0.3 is 15.4 Å². The van der Waals surface area contributed by atoms with Gasteiger partial charge in [0.05, 0.1) is 0 Å². The summed E-state index contributed by atoms with van der Waals surface area (Å²) in [6, 6.07) is 6.83. The first-order chi connectivity index (χ1) is 9.02. The Labute approximate surface area is 117 Å². The first kappa shape index (κ1) is 15.3. The Bertz CT molecular complexity index is 451. The number of benzene rings is 1. The molecule has 5 nitrogen and oxygen atoms in total. The van der Waals surface area contributed by atoms with Crippen LogP contribution in [-0.4, -0.2) is 31.5 Å². The van der Waals surface area contributed by atoms with Gasteiger partial charge in [0.25, 0.3) is 5.91 Å². The minimum atomic E-state index is -0.650. The molecule has 0 aliphatic heterocycles. The number of nitrogens with one attached hydrogen (secondary N) is 2. The van der Waals surface area contributed by atoms with Gasteiger partial charge in [-0.05, 0) is 25.1 Å². The Hall–Kier alpha value is -1.75. The van der Waals surface area contributed by atoms with E-state index in [1.807, 2.05) is 0 Å². The van der Waals surface area contributed by atoms with Gasteiger partial charge in [-0.25, -0.2) is 0 Å². The maximum Gasteiger partial charge on any atom is 0.260 e. The predicted molar refractivity (Wildman–Crippen MR) is 73.2 cm³/mol. The van der Waals surface area contributed by atoms with E-state index in [2.05, 4.69) is 10.6 Å². The Morgan fingerprint density at radius 1 is 1.42 bits per heavy atom. The number of hydrogen-bond donors (Lipinski definition) is 2. The molecule has 0 aliphatic carbocycles. The molecule has 19 heavy (non-hydrogen) atoms. The molecule has 0 heterocycles. The van der Waals surface area contributed by atoms with E-state index in [1.165, 1.54) is 0 Å². The second-order valence-corrected chi connectivity index (χ2v) is 4.37. The van der Waals surface area contributed by atoms with Crippen molar-refractivity contribution in [2.24, 2.45) is 0 Å². The van der Waals surface area contributed by atoms with Crippen LogP contribution in [0.5, 0.6) is 5.75 Å². The molecule has 2 amide bonds. The molecular weight excluding hydrogens is 268 g/mol. The number of carbonyl (C=O) groups excluding carboxylic acids is 2. The first-order valence-corrected chi connectivity index (χ1v) is 6.31. The largest absolute Gasteiger partial charge is 0.481 e. The summed E-state index contributed by atoms with van der Waals surface area (Å²) in [6.07, 6.45) is -0.408. The summed E-state index contributed by atoms with van der Waals surface area (Å²) in [6.45, 7) is 1.91. The number of ether oxygens (including phenoxy) is 1. The zero-order valence-electron chi connectivity index (χ0n) is 10.9. The van der Waals surface area contributed by atoms with Crippen molar-refractivity contribution in [3.8, 4) is 5.75 Å². The van der Waals surface area contributed by atoms with Crippen molar-refractivity contribution < 1.29 is 14.3 Å². The summed E-state index contributed by atoms with van der Waals surface area (Å²) < 4.78 is 5.44. The van der Waals surface area contributed by atoms with Crippen molar-refractivity contribution in [3.05, 3.63) is 29.3 Å². The smallest absolute Gasteiger partial charge is 0.260 e. The van der Waals surface area contributed by atoms with E-state index in [0.29, 0.717) is 10.8 Å². The summed E-state index contributed by atoms with van der Waals surface area (Å²) in [5.41, 5.74) is 0. The van der Waals surface area contributed by atoms with Crippen molar-refractivity contribution in [2.75, 3.05) is 13.6 Å². The van der Waals surface area contributed by atoms with E-state index in [1.54, 1.807) is 38.2 Å². The molecule has 0 spiro atoms. The Balaban J connectivity index is 2.38. The topological polar surface area (TPSA) is 67.4 Å². The number of rotatable bonds is 6. The van der Waals surface area contributed by atoms with E-state index < -0.39 is 6.10 Å². The van der Waals surface area contributed by atoms with Crippen molar-refractivity contribution >= 4 is 23.4 Å². The first-order valence-electron chi connectivity index (χ1n) is 5.93. The molecule has 0 unspecified atom stereocenters. The van der Waals surface area contributed by atoms with Gasteiger partial charge in [-0.2, -0.15) is 0 Å². The van der Waals surface area contributed by atoms with Crippen LogP contribution in [0.4, 0.5) is 0 Å². The van der Waals surface area contributed by atoms with Crippen molar-refractivity contribution in [3.63, 3.8) is 0 Å². The average molecular weight is 285 g/mol. The highest BCUT2D eigenvalue weighted by atomic mass is 35.5. The van der Waals surface area contributed by atoms with Crippen LogP contribution in [0, 0.1) is 0 Å². The monoisotopic (exact) mass is 284 g/mol. The van der Waals surface area contributed by atoms with Gasteiger partial charge in [0.15, 0.2) is 6.10 Å². The maximum atomic E-state index is 11.7. The third-order valence-corrected chi connectivity index (χ3v) is 2.64. The van der Waals surface area contributed by atoms with Gasteiger partial charge in [0, 0.05) is 25.0 Å². The van der Waals surface area contributed by atoms with E-state index in [9.17, 15) is 9.59 Å². The van der Waals surface area contributed by atoms with Crippen LogP contribution in [0.1, 0.15) is 13.3 Å². The van der Waals surface area contributed by atoms with Crippen molar-refractivity contribution in [2.45, 2.75) is 19.4 Å². The highest BCUT2D eigenvalue weighted by Crippen LogP contribution is 2.18. The van der Waals surface area contributed by atoms with Crippen LogP contribution in [-0.2, 0) is 9.59 Å². The van der Waals surface area contributed by atoms with Gasteiger partial charge in [0.1, 0.15) is 5.75 Å². The molecule has 2 N–H and O–H groups in total. The van der Waals surface area contributed by atoms with Crippen molar-refractivity contribution in [1.82, 2.24) is 10.6 Å². The van der Waals surface area contributed by atoms with E-state index in [0.717, 1.165) is 0 Å². The molecule has 0 saturated carbocycles. The van der Waals surface area contributed by atoms with Gasteiger partial charge >= 0.3 is 0 Å². The zero-order valence-corrected chi connectivity index (χ0v) is 11.7. The lowest BCUT2D eigenvalue weighted by atomic mass is 10.3. The molecule has 0 aromatic heterocycles. The van der Waals surface area contributed by atoms with Crippen LogP contribution in [0.25, 0.3) is 0 Å². The third kappa shape index (κ3) is 5.61. The van der Waals surface area contributed by atoms with Crippen LogP contribution in [0.2, 0.25) is 5.02 Å². The van der Waals surface area contributed by atoms with Crippen LogP contribution in [0.3, 0.4) is 0 Å². The third-order valence-electron chi connectivity index (χ3n) is 2.41. The van der Waals surface area contributed by atoms with E-state index >= 15 is 0 Å². The fourth-order valence-electron chi connectivity index (χ4n) is 1.37. The number of hydrogen-bond acceptors (Lipinski definition) is 3. The minimum absolute atomic E-state index is 0.122. The van der Waals surface area contributed by atoms with Crippen LogP contribution in [0.15, 0.2) is 24.3 Å². The fraction of sp³-hybridized carbons (Fsp3) is 0.385. The average Bonchev–Trinajstić information content (AvgIpc) is 2.38. The summed E-state index contributed by atoms with van der Waals surface area (Å²) in [5.74, 6) is 0.133. The number of halogens is 1. The summed E-state index contributed by atoms with van der Waals surface area (Å²) >= 11 is 5.82. The molecule has 1 aromatic carbocycles. The number of amides is 2. The molecule has 104 valence electrons. The quantitative estimate of drug-likeness (QED) is 0.829. The Morgan fingerprint density at radius 2 is 2.16 bits per heavy atom.